The summed E-state index contributed by atoms with van der Waals surface area (Å²) in [4.78, 5) is 13.2. The van der Waals surface area contributed by atoms with E-state index in [1.165, 1.54) is 0 Å². The molecule has 0 saturated carbocycles. The first-order valence-corrected chi connectivity index (χ1v) is 10.4. The number of hydrogen-bond donors (Lipinski definition) is 3. The lowest BCUT2D eigenvalue weighted by Gasteiger charge is -2.12. The minimum Gasteiger partial charge on any atom is -0.497 e. The Balaban J connectivity index is 0.000000537. The van der Waals surface area contributed by atoms with Crippen molar-refractivity contribution in [1.29, 1.82) is 0 Å². The normalized spacial score (nSPS) is 11.0. The van der Waals surface area contributed by atoms with Gasteiger partial charge in [0.1, 0.15) is 17.9 Å². The smallest absolute Gasteiger partial charge is 0.261 e. The van der Waals surface area contributed by atoms with Crippen LogP contribution in [0.15, 0.2) is 36.9 Å². The highest BCUT2D eigenvalue weighted by Crippen LogP contribution is 2.26. The van der Waals surface area contributed by atoms with Gasteiger partial charge in [-0.3, -0.25) is 9.12 Å². The second-order valence-electron chi connectivity index (χ2n) is 5.72. The van der Waals surface area contributed by atoms with Crippen LogP contribution in [0, 0.1) is 0 Å². The Morgan fingerprint density at radius 2 is 2.00 bits per heavy atom. The zero-order valence-electron chi connectivity index (χ0n) is 16.0. The van der Waals surface area contributed by atoms with Gasteiger partial charge in [0.05, 0.1) is 38.7 Å². The highest BCUT2D eigenvalue weighted by molar-refractivity contribution is 7.85. The number of aliphatic hydroxyl groups is 1. The minimum absolute atomic E-state index is 0.0123. The zero-order chi connectivity index (χ0) is 21.3. The van der Waals surface area contributed by atoms with Gasteiger partial charge in [0.25, 0.3) is 10.1 Å². The van der Waals surface area contributed by atoms with Crippen LogP contribution in [-0.4, -0.2) is 77.3 Å². The Bertz CT molecular complexity index is 1000. The average Bonchev–Trinajstić information content (AvgIpc) is 3.20. The van der Waals surface area contributed by atoms with E-state index in [0.717, 1.165) is 16.7 Å². The molecule has 0 aliphatic rings. The first-order valence-electron chi connectivity index (χ1n) is 8.51. The van der Waals surface area contributed by atoms with Gasteiger partial charge in [-0.05, 0) is 18.2 Å². The summed E-state index contributed by atoms with van der Waals surface area (Å²) in [6.07, 6.45) is 5.84. The SMILES string of the molecule is COc1ccc2nc(-n3ccnc3)nc(NCCOCCO)c2c1.CS(=O)(=O)O. The zero-order valence-corrected chi connectivity index (χ0v) is 16.8. The lowest BCUT2D eigenvalue weighted by atomic mass is 10.2. The van der Waals surface area contributed by atoms with Gasteiger partial charge in [-0.2, -0.15) is 13.4 Å². The van der Waals surface area contributed by atoms with E-state index in [4.69, 9.17) is 19.1 Å². The van der Waals surface area contributed by atoms with E-state index in [-0.39, 0.29) is 6.61 Å². The summed E-state index contributed by atoms with van der Waals surface area (Å²) in [6.45, 7) is 1.36. The summed E-state index contributed by atoms with van der Waals surface area (Å²) >= 11 is 0. The maximum atomic E-state index is 9.19. The Morgan fingerprint density at radius 3 is 2.62 bits per heavy atom. The summed E-state index contributed by atoms with van der Waals surface area (Å²) in [6, 6.07) is 5.65. The number of fused-ring (bicyclic) bond motifs is 1. The fraction of sp³-hybridized carbons (Fsp3) is 0.353. The first kappa shape index (κ1) is 22.5. The van der Waals surface area contributed by atoms with Gasteiger partial charge in [0.15, 0.2) is 0 Å². The summed E-state index contributed by atoms with van der Waals surface area (Å²) in [7, 11) is -2.04. The maximum Gasteiger partial charge on any atom is 0.261 e. The molecule has 29 heavy (non-hydrogen) atoms. The van der Waals surface area contributed by atoms with Crippen LogP contribution >= 0.6 is 0 Å². The second-order valence-corrected chi connectivity index (χ2v) is 7.19. The number of ether oxygens (including phenoxy) is 2. The van der Waals surface area contributed by atoms with Crippen LogP contribution in [0.5, 0.6) is 5.75 Å². The predicted molar refractivity (Wildman–Crippen MR) is 107 cm³/mol. The van der Waals surface area contributed by atoms with Crippen molar-refractivity contribution in [3.05, 3.63) is 36.9 Å². The molecule has 0 bridgehead atoms. The molecule has 0 unspecified atom stereocenters. The largest absolute Gasteiger partial charge is 0.497 e. The minimum atomic E-state index is -3.67. The van der Waals surface area contributed by atoms with Crippen LogP contribution in [-0.2, 0) is 14.9 Å². The molecule has 1 aromatic carbocycles. The molecule has 0 radical (unpaired) electrons. The third-order valence-corrected chi connectivity index (χ3v) is 3.40. The number of nitrogens with one attached hydrogen (secondary N) is 1. The molecule has 3 rings (SSSR count). The number of anilines is 1. The standard InChI is InChI=1S/C16H19N5O3.CH4O3S/c1-23-12-2-3-14-13(10-12)15(18-5-8-24-9-7-22)20-16(19-14)21-6-4-17-11-21;1-5(2,3)4/h2-4,6,10-11,22H,5,7-9H2,1H3,(H,18,19,20);1H3,(H,2,3,4). The Labute approximate surface area is 168 Å². The van der Waals surface area contributed by atoms with Crippen molar-refractivity contribution in [2.75, 3.05) is 45.0 Å². The maximum absolute atomic E-state index is 9.19. The molecule has 0 atom stereocenters. The Morgan fingerprint density at radius 1 is 1.24 bits per heavy atom. The van der Waals surface area contributed by atoms with Gasteiger partial charge in [-0.1, -0.05) is 0 Å². The topological polar surface area (TPSA) is 149 Å². The van der Waals surface area contributed by atoms with E-state index in [9.17, 15) is 8.42 Å². The number of aromatic nitrogens is 4. The first-order chi connectivity index (χ1) is 13.8. The molecule has 11 nitrogen and oxygen atoms in total. The van der Waals surface area contributed by atoms with E-state index < -0.39 is 10.1 Å². The second kappa shape index (κ2) is 10.7. The van der Waals surface area contributed by atoms with Gasteiger partial charge >= 0.3 is 0 Å². The number of aliphatic hydroxyl groups excluding tert-OH is 1. The van der Waals surface area contributed by atoms with Gasteiger partial charge < -0.3 is 19.9 Å². The van der Waals surface area contributed by atoms with Gasteiger partial charge in [-0.15, -0.1) is 0 Å². The number of nitrogens with zero attached hydrogens (tertiary/aromatic N) is 4. The molecular weight excluding hydrogens is 402 g/mol. The molecule has 12 heteroatoms. The van der Waals surface area contributed by atoms with E-state index in [1.54, 1.807) is 30.4 Å². The molecule has 0 saturated heterocycles. The number of hydrogen-bond acceptors (Lipinski definition) is 9. The molecule has 0 fully saturated rings. The van der Waals surface area contributed by atoms with Crippen molar-refractivity contribution in [2.45, 2.75) is 0 Å². The van der Waals surface area contributed by atoms with Crippen molar-refractivity contribution in [2.24, 2.45) is 0 Å². The summed E-state index contributed by atoms with van der Waals surface area (Å²) in [5.74, 6) is 1.96. The monoisotopic (exact) mass is 425 g/mol. The van der Waals surface area contributed by atoms with Gasteiger partial charge in [-0.25, -0.2) is 9.97 Å². The van der Waals surface area contributed by atoms with Crippen LogP contribution in [0.4, 0.5) is 5.82 Å². The molecule has 0 aliphatic carbocycles. The molecule has 3 N–H and O–H groups in total. The predicted octanol–water partition coefficient (Wildman–Crippen LogP) is 0.749. The third-order valence-electron chi connectivity index (χ3n) is 3.40. The summed E-state index contributed by atoms with van der Waals surface area (Å²) in [5, 5.41) is 12.8. The lowest BCUT2D eigenvalue weighted by molar-refractivity contribution is 0.0992. The van der Waals surface area contributed by atoms with Crippen LogP contribution in [0.3, 0.4) is 0 Å². The van der Waals surface area contributed by atoms with Gasteiger partial charge in [0.2, 0.25) is 5.95 Å². The molecule has 158 valence electrons. The van der Waals surface area contributed by atoms with E-state index in [2.05, 4.69) is 20.3 Å². The molecule has 2 heterocycles. The summed E-state index contributed by atoms with van der Waals surface area (Å²) in [5.41, 5.74) is 0.799. The molecule has 0 aliphatic heterocycles. The highest BCUT2D eigenvalue weighted by Gasteiger charge is 2.10. The lowest BCUT2D eigenvalue weighted by Crippen LogP contribution is -2.13. The average molecular weight is 425 g/mol. The number of benzene rings is 1. The fourth-order valence-electron chi connectivity index (χ4n) is 2.26. The van der Waals surface area contributed by atoms with Crippen molar-refractivity contribution in [1.82, 2.24) is 19.5 Å². The number of rotatable bonds is 8. The van der Waals surface area contributed by atoms with Crippen molar-refractivity contribution in [3.8, 4) is 11.7 Å². The van der Waals surface area contributed by atoms with Crippen LogP contribution in [0.1, 0.15) is 0 Å². The summed E-state index contributed by atoms with van der Waals surface area (Å²) < 4.78 is 38.2. The van der Waals surface area contributed by atoms with E-state index in [0.29, 0.717) is 37.8 Å². The van der Waals surface area contributed by atoms with Crippen LogP contribution < -0.4 is 10.1 Å². The van der Waals surface area contributed by atoms with Crippen LogP contribution in [0.2, 0.25) is 0 Å². The van der Waals surface area contributed by atoms with E-state index in [1.807, 2.05) is 18.2 Å². The highest BCUT2D eigenvalue weighted by atomic mass is 32.2. The molecule has 0 spiro atoms. The number of imidazole rings is 1. The Hall–Kier alpha value is -2.80. The van der Waals surface area contributed by atoms with Crippen molar-refractivity contribution in [3.63, 3.8) is 0 Å². The Kier molecular flexibility index (Phi) is 8.27. The van der Waals surface area contributed by atoms with E-state index >= 15 is 0 Å². The van der Waals surface area contributed by atoms with Crippen molar-refractivity contribution >= 4 is 26.8 Å². The fourth-order valence-corrected chi connectivity index (χ4v) is 2.26. The molecule has 3 aromatic rings. The number of methoxy groups -OCH3 is 1. The van der Waals surface area contributed by atoms with Crippen LogP contribution in [0.25, 0.3) is 16.9 Å². The third kappa shape index (κ3) is 7.62. The van der Waals surface area contributed by atoms with Gasteiger partial charge in [0, 0.05) is 24.3 Å². The quantitative estimate of drug-likeness (QED) is 0.348. The molecule has 2 aromatic heterocycles. The molecular formula is C17H23N5O6S. The van der Waals surface area contributed by atoms with Crippen molar-refractivity contribution < 1.29 is 27.6 Å². The molecule has 0 amide bonds.